The largest absolute Gasteiger partial charge is 0.378 e. The molecule has 2 aromatic rings. The van der Waals surface area contributed by atoms with Crippen molar-refractivity contribution >= 4 is 23.0 Å². The minimum absolute atomic E-state index is 0.135. The Labute approximate surface area is 155 Å². The van der Waals surface area contributed by atoms with E-state index >= 15 is 0 Å². The quantitative estimate of drug-likeness (QED) is 0.895. The average Bonchev–Trinajstić information content (AvgIpc) is 2.68. The second kappa shape index (κ2) is 8.19. The van der Waals surface area contributed by atoms with Crippen LogP contribution in [0.5, 0.6) is 0 Å². The second-order valence-electron chi connectivity index (χ2n) is 6.75. The summed E-state index contributed by atoms with van der Waals surface area (Å²) in [6.45, 7) is 7.30. The van der Waals surface area contributed by atoms with Crippen LogP contribution in [0.3, 0.4) is 0 Å². The maximum atomic E-state index is 12.6. The van der Waals surface area contributed by atoms with E-state index in [1.54, 1.807) is 6.20 Å². The fourth-order valence-corrected chi connectivity index (χ4v) is 3.09. The molecule has 0 atom stereocenters. The Morgan fingerprint density at radius 1 is 1.12 bits per heavy atom. The van der Waals surface area contributed by atoms with Crippen molar-refractivity contribution in [3.63, 3.8) is 0 Å². The Bertz CT molecular complexity index is 736. The molecule has 6 nitrogen and oxygen atoms in total. The highest BCUT2D eigenvalue weighted by atomic mass is 16.1. The van der Waals surface area contributed by atoms with Gasteiger partial charge in [-0.1, -0.05) is 6.92 Å². The summed E-state index contributed by atoms with van der Waals surface area (Å²) in [5.74, 6) is -0.135. The van der Waals surface area contributed by atoms with Crippen LogP contribution in [-0.4, -0.2) is 62.6 Å². The molecule has 1 amide bonds. The van der Waals surface area contributed by atoms with Crippen LogP contribution in [-0.2, 0) is 0 Å². The van der Waals surface area contributed by atoms with Gasteiger partial charge in [0.1, 0.15) is 0 Å². The number of likely N-dealkylation sites (N-methyl/N-ethyl adjacent to an activating group) is 1. The number of anilines is 3. The highest BCUT2D eigenvalue weighted by molar-refractivity contribution is 6.04. The topological polar surface area (TPSA) is 51.7 Å². The zero-order valence-corrected chi connectivity index (χ0v) is 15.8. The first-order valence-corrected chi connectivity index (χ1v) is 9.08. The molecule has 26 heavy (non-hydrogen) atoms. The SMILES string of the molecule is CCN1CCN(c2cncc(C(=O)Nc3ccc(N(C)C)cc3)c2)CC1. The maximum Gasteiger partial charge on any atom is 0.257 e. The Morgan fingerprint density at radius 2 is 1.81 bits per heavy atom. The van der Waals surface area contributed by atoms with E-state index in [9.17, 15) is 4.79 Å². The minimum atomic E-state index is -0.135. The smallest absolute Gasteiger partial charge is 0.257 e. The lowest BCUT2D eigenvalue weighted by atomic mass is 10.2. The summed E-state index contributed by atoms with van der Waals surface area (Å²) in [5.41, 5.74) is 3.47. The van der Waals surface area contributed by atoms with Gasteiger partial charge in [0.05, 0.1) is 17.4 Å². The molecule has 0 saturated carbocycles. The molecular weight excluding hydrogens is 326 g/mol. The molecule has 0 bridgehead atoms. The van der Waals surface area contributed by atoms with Crippen molar-refractivity contribution in [2.45, 2.75) is 6.92 Å². The van der Waals surface area contributed by atoms with Crippen molar-refractivity contribution in [1.82, 2.24) is 9.88 Å². The number of nitrogens with one attached hydrogen (secondary N) is 1. The van der Waals surface area contributed by atoms with Gasteiger partial charge in [0.2, 0.25) is 0 Å². The van der Waals surface area contributed by atoms with E-state index in [0.29, 0.717) is 5.56 Å². The first-order valence-electron chi connectivity index (χ1n) is 9.08. The van der Waals surface area contributed by atoms with Gasteiger partial charge in [0, 0.05) is 57.8 Å². The van der Waals surface area contributed by atoms with Gasteiger partial charge in [-0.15, -0.1) is 0 Å². The minimum Gasteiger partial charge on any atom is -0.378 e. The van der Waals surface area contributed by atoms with E-state index in [-0.39, 0.29) is 5.91 Å². The van der Waals surface area contributed by atoms with E-state index < -0.39 is 0 Å². The zero-order chi connectivity index (χ0) is 18.5. The van der Waals surface area contributed by atoms with Crippen LogP contribution in [0.2, 0.25) is 0 Å². The van der Waals surface area contributed by atoms with Crippen LogP contribution >= 0.6 is 0 Å². The van der Waals surface area contributed by atoms with Crippen LogP contribution in [0, 0.1) is 0 Å². The molecule has 1 aromatic carbocycles. The Balaban J connectivity index is 1.66. The van der Waals surface area contributed by atoms with E-state index in [0.717, 1.165) is 49.8 Å². The number of carbonyl (C=O) groups excluding carboxylic acids is 1. The summed E-state index contributed by atoms with van der Waals surface area (Å²) < 4.78 is 0. The first-order chi connectivity index (χ1) is 12.6. The molecule has 6 heteroatoms. The van der Waals surface area contributed by atoms with Crippen molar-refractivity contribution in [2.24, 2.45) is 0 Å². The van der Waals surface area contributed by atoms with Crippen LogP contribution < -0.4 is 15.1 Å². The molecular formula is C20H27N5O. The van der Waals surface area contributed by atoms with Gasteiger partial charge in [0.25, 0.3) is 5.91 Å². The molecule has 3 rings (SSSR count). The van der Waals surface area contributed by atoms with Gasteiger partial charge < -0.3 is 20.0 Å². The van der Waals surface area contributed by atoms with Gasteiger partial charge in [-0.3, -0.25) is 9.78 Å². The molecule has 2 heterocycles. The summed E-state index contributed by atoms with van der Waals surface area (Å²) in [6.07, 6.45) is 3.46. The predicted octanol–water partition coefficient (Wildman–Crippen LogP) is 2.54. The highest BCUT2D eigenvalue weighted by Gasteiger charge is 2.17. The number of hydrogen-bond donors (Lipinski definition) is 1. The van der Waals surface area contributed by atoms with E-state index in [2.05, 4.69) is 27.0 Å². The van der Waals surface area contributed by atoms with E-state index in [4.69, 9.17) is 0 Å². The third-order valence-electron chi connectivity index (χ3n) is 4.81. The Hall–Kier alpha value is -2.60. The molecule has 1 aromatic heterocycles. The van der Waals surface area contributed by atoms with Gasteiger partial charge >= 0.3 is 0 Å². The van der Waals surface area contributed by atoms with Gasteiger partial charge in [0.15, 0.2) is 0 Å². The number of pyridine rings is 1. The van der Waals surface area contributed by atoms with Crippen molar-refractivity contribution in [3.8, 4) is 0 Å². The van der Waals surface area contributed by atoms with Crippen molar-refractivity contribution in [3.05, 3.63) is 48.3 Å². The number of benzene rings is 1. The lowest BCUT2D eigenvalue weighted by molar-refractivity contribution is 0.102. The molecule has 0 spiro atoms. The van der Waals surface area contributed by atoms with Crippen LogP contribution in [0.1, 0.15) is 17.3 Å². The fraction of sp³-hybridized carbons (Fsp3) is 0.400. The fourth-order valence-electron chi connectivity index (χ4n) is 3.09. The molecule has 0 radical (unpaired) electrons. The standard InChI is InChI=1S/C20H27N5O/c1-4-24-9-11-25(12-10-24)19-13-16(14-21-15-19)20(26)22-17-5-7-18(8-6-17)23(2)3/h5-8,13-15H,4,9-12H2,1-3H3,(H,22,26). The maximum absolute atomic E-state index is 12.6. The first kappa shape index (κ1) is 18.2. The van der Waals surface area contributed by atoms with Crippen LogP contribution in [0.4, 0.5) is 17.1 Å². The van der Waals surface area contributed by atoms with Crippen molar-refractivity contribution in [1.29, 1.82) is 0 Å². The monoisotopic (exact) mass is 353 g/mol. The van der Waals surface area contributed by atoms with Gasteiger partial charge in [-0.05, 0) is 36.9 Å². The second-order valence-corrected chi connectivity index (χ2v) is 6.75. The summed E-state index contributed by atoms with van der Waals surface area (Å²) in [5, 5.41) is 2.95. The molecule has 0 unspecified atom stereocenters. The number of aromatic nitrogens is 1. The molecule has 1 aliphatic rings. The zero-order valence-electron chi connectivity index (χ0n) is 15.8. The van der Waals surface area contributed by atoms with E-state index in [1.165, 1.54) is 0 Å². The molecule has 1 aliphatic heterocycles. The van der Waals surface area contributed by atoms with Crippen molar-refractivity contribution < 1.29 is 4.79 Å². The average molecular weight is 353 g/mol. The summed E-state index contributed by atoms with van der Waals surface area (Å²) in [4.78, 5) is 23.6. The van der Waals surface area contributed by atoms with Gasteiger partial charge in [-0.2, -0.15) is 0 Å². The van der Waals surface area contributed by atoms with E-state index in [1.807, 2.05) is 55.5 Å². The number of hydrogen-bond acceptors (Lipinski definition) is 5. The van der Waals surface area contributed by atoms with Crippen molar-refractivity contribution in [2.75, 3.05) is 61.9 Å². The number of carbonyl (C=O) groups is 1. The summed E-state index contributed by atoms with van der Waals surface area (Å²) in [7, 11) is 3.98. The number of nitrogens with zero attached hydrogens (tertiary/aromatic N) is 4. The number of amides is 1. The highest BCUT2D eigenvalue weighted by Crippen LogP contribution is 2.19. The Kier molecular flexibility index (Phi) is 5.73. The third-order valence-corrected chi connectivity index (χ3v) is 4.81. The predicted molar refractivity (Wildman–Crippen MR) is 107 cm³/mol. The molecule has 138 valence electrons. The lowest BCUT2D eigenvalue weighted by Crippen LogP contribution is -2.46. The molecule has 0 aliphatic carbocycles. The summed E-state index contributed by atoms with van der Waals surface area (Å²) in [6, 6.07) is 9.72. The normalized spacial score (nSPS) is 15.0. The Morgan fingerprint density at radius 3 is 2.42 bits per heavy atom. The number of piperazine rings is 1. The van der Waals surface area contributed by atoms with Crippen LogP contribution in [0.25, 0.3) is 0 Å². The molecule has 1 fully saturated rings. The molecule has 1 saturated heterocycles. The summed E-state index contributed by atoms with van der Waals surface area (Å²) >= 11 is 0. The third kappa shape index (κ3) is 4.32. The van der Waals surface area contributed by atoms with Crippen LogP contribution in [0.15, 0.2) is 42.7 Å². The molecule has 1 N–H and O–H groups in total. The lowest BCUT2D eigenvalue weighted by Gasteiger charge is -2.35. The van der Waals surface area contributed by atoms with Gasteiger partial charge in [-0.25, -0.2) is 0 Å². The number of rotatable bonds is 5.